The molecule has 2 amide bonds. The molecule has 5 rings (SSSR count). The molecule has 234 valence electrons. The van der Waals surface area contributed by atoms with Gasteiger partial charge >= 0.3 is 0 Å². The van der Waals surface area contributed by atoms with Crippen LogP contribution in [-0.4, -0.2) is 66.0 Å². The van der Waals surface area contributed by atoms with Gasteiger partial charge in [0.05, 0.1) is 31.2 Å². The summed E-state index contributed by atoms with van der Waals surface area (Å²) in [5, 5.41) is 7.43. The van der Waals surface area contributed by atoms with E-state index in [2.05, 4.69) is 15.6 Å². The average molecular weight is 641 g/mol. The minimum absolute atomic E-state index is 0.0904. The molecule has 12 heteroatoms. The molecule has 10 nitrogen and oxygen atoms in total. The number of pyridine rings is 1. The van der Waals surface area contributed by atoms with Gasteiger partial charge in [-0.15, -0.1) is 0 Å². The maximum Gasteiger partial charge on any atom is 0.255 e. The zero-order valence-electron chi connectivity index (χ0n) is 25.1. The molecule has 3 aromatic carbocycles. The first-order chi connectivity index (χ1) is 21.1. The molecular weight excluding hydrogens is 604 g/mol. The first-order valence-electron chi connectivity index (χ1n) is 13.8. The fourth-order valence-electron chi connectivity index (χ4n) is 4.31. The van der Waals surface area contributed by atoms with Gasteiger partial charge < -0.3 is 30.0 Å². The Morgan fingerprint density at radius 3 is 2.07 bits per heavy atom. The molecule has 0 bridgehead atoms. The van der Waals surface area contributed by atoms with E-state index in [1.165, 1.54) is 13.1 Å². The summed E-state index contributed by atoms with van der Waals surface area (Å²) in [4.78, 5) is 39.7. The molecule has 0 radical (unpaired) electrons. The Kier molecular flexibility index (Phi) is 13.2. The van der Waals surface area contributed by atoms with Crippen LogP contribution in [0.5, 0.6) is 11.5 Å². The lowest BCUT2D eigenvalue weighted by atomic mass is 10.1. The van der Waals surface area contributed by atoms with E-state index in [4.69, 9.17) is 21.1 Å². The molecule has 1 saturated heterocycles. The van der Waals surface area contributed by atoms with E-state index in [0.717, 1.165) is 53.7 Å². The zero-order chi connectivity index (χ0) is 32.1. The van der Waals surface area contributed by atoms with Crippen molar-refractivity contribution in [3.05, 3.63) is 88.3 Å². The summed E-state index contributed by atoms with van der Waals surface area (Å²) >= 11 is 6.04. The van der Waals surface area contributed by atoms with E-state index < -0.39 is 10.8 Å². The quantitative estimate of drug-likeness (QED) is 0.250. The van der Waals surface area contributed by atoms with Crippen LogP contribution in [0.2, 0.25) is 5.02 Å². The van der Waals surface area contributed by atoms with Gasteiger partial charge in [0, 0.05) is 64.9 Å². The van der Waals surface area contributed by atoms with Gasteiger partial charge in [0.25, 0.3) is 5.56 Å². The molecule has 1 aliphatic heterocycles. The van der Waals surface area contributed by atoms with Crippen LogP contribution in [0, 0.1) is 0 Å². The number of benzene rings is 3. The second-order valence-corrected chi connectivity index (χ2v) is 11.5. The predicted octanol–water partition coefficient (Wildman–Crippen LogP) is 5.30. The maximum absolute atomic E-state index is 12.0. The van der Waals surface area contributed by atoms with Crippen LogP contribution in [0.4, 0.5) is 11.4 Å². The molecule has 0 saturated carbocycles. The van der Waals surface area contributed by atoms with E-state index in [1.54, 1.807) is 56.9 Å². The topological polar surface area (TPSA) is 130 Å². The molecule has 3 N–H and O–H groups in total. The van der Waals surface area contributed by atoms with Gasteiger partial charge in [-0.25, -0.2) is 0 Å². The number of halogens is 1. The summed E-state index contributed by atoms with van der Waals surface area (Å²) in [7, 11) is 2.28. The predicted molar refractivity (Wildman–Crippen MR) is 177 cm³/mol. The van der Waals surface area contributed by atoms with Gasteiger partial charge in [-0.1, -0.05) is 29.8 Å². The number of ether oxygens (including phenoxy) is 2. The number of aromatic amines is 1. The standard InChI is InChI=1S/C15H16ClN3O2.C9H11NO2S.C8H10O2/c16-13-8-18-15(21)12-7-10(3-4-11(12)13)17-9-14(20)19-5-1-2-6-19;1-7(11)10-8-3-5-9(6-4-8)13(2)12;1-9-7-5-3-4-6-8(7)10-2/h3-4,7-8,17H,1-2,5-6,9H2,(H,18,21);3-6H,1-2H3,(H,10,11);3-6H,1-2H3. The molecule has 0 aliphatic carbocycles. The summed E-state index contributed by atoms with van der Waals surface area (Å²) in [5.41, 5.74) is 1.27. The lowest BCUT2D eigenvalue weighted by Crippen LogP contribution is -2.32. The number of nitrogens with one attached hydrogen (secondary N) is 3. The fraction of sp³-hybridized carbons (Fsp3) is 0.281. The van der Waals surface area contributed by atoms with Crippen molar-refractivity contribution in [3.8, 4) is 11.5 Å². The first-order valence-corrected chi connectivity index (χ1v) is 15.8. The largest absolute Gasteiger partial charge is 0.493 e. The van der Waals surface area contributed by atoms with Crippen molar-refractivity contribution in [2.75, 3.05) is 50.7 Å². The Bertz CT molecular complexity index is 1620. The van der Waals surface area contributed by atoms with Crippen LogP contribution in [0.15, 0.2) is 82.6 Å². The van der Waals surface area contributed by atoms with E-state index in [9.17, 15) is 18.6 Å². The number of hydrogen-bond acceptors (Lipinski definition) is 7. The van der Waals surface area contributed by atoms with Gasteiger partial charge in [-0.3, -0.25) is 18.6 Å². The summed E-state index contributed by atoms with van der Waals surface area (Å²) in [5.74, 6) is 1.52. The van der Waals surface area contributed by atoms with E-state index >= 15 is 0 Å². The Balaban J connectivity index is 0.000000197. The lowest BCUT2D eigenvalue weighted by Gasteiger charge is -2.16. The molecule has 1 aromatic heterocycles. The molecule has 1 atom stereocenters. The van der Waals surface area contributed by atoms with E-state index in [-0.39, 0.29) is 23.9 Å². The number of likely N-dealkylation sites (tertiary alicyclic amines) is 1. The van der Waals surface area contributed by atoms with Crippen molar-refractivity contribution in [1.82, 2.24) is 9.88 Å². The number of anilines is 2. The maximum atomic E-state index is 12.0. The van der Waals surface area contributed by atoms with Crippen LogP contribution in [-0.2, 0) is 20.4 Å². The third kappa shape index (κ3) is 10.1. The highest BCUT2D eigenvalue weighted by atomic mass is 35.5. The van der Waals surface area contributed by atoms with Crippen molar-refractivity contribution in [2.24, 2.45) is 0 Å². The van der Waals surface area contributed by atoms with Crippen molar-refractivity contribution >= 4 is 56.4 Å². The average Bonchev–Trinajstić information content (AvgIpc) is 3.58. The molecular formula is C32H37ClN4O6S. The van der Waals surface area contributed by atoms with Crippen LogP contribution in [0.1, 0.15) is 19.8 Å². The zero-order valence-corrected chi connectivity index (χ0v) is 26.7. The number of H-pyrrole nitrogens is 1. The van der Waals surface area contributed by atoms with Crippen LogP contribution < -0.4 is 25.7 Å². The van der Waals surface area contributed by atoms with E-state index in [0.29, 0.717) is 15.8 Å². The number of amides is 2. The minimum atomic E-state index is -0.963. The van der Waals surface area contributed by atoms with Crippen LogP contribution >= 0.6 is 11.6 Å². The monoisotopic (exact) mass is 640 g/mol. The Labute approximate surface area is 264 Å². The molecule has 4 aromatic rings. The molecule has 0 spiro atoms. The SMILES string of the molecule is CC(=O)Nc1ccc(S(C)=O)cc1.COc1ccccc1OC.O=C(CNc1ccc2c(Cl)c[nH]c(=O)c2c1)N1CCCC1. The summed E-state index contributed by atoms with van der Waals surface area (Å²) in [6.45, 7) is 3.37. The fourth-order valence-corrected chi connectivity index (χ4v) is 5.05. The van der Waals surface area contributed by atoms with Gasteiger partial charge in [0.1, 0.15) is 0 Å². The third-order valence-electron chi connectivity index (χ3n) is 6.55. The van der Waals surface area contributed by atoms with Gasteiger partial charge in [0.2, 0.25) is 11.8 Å². The van der Waals surface area contributed by atoms with Gasteiger partial charge in [-0.2, -0.15) is 0 Å². The van der Waals surface area contributed by atoms with Crippen LogP contribution in [0.3, 0.4) is 0 Å². The van der Waals surface area contributed by atoms with Crippen molar-refractivity contribution in [2.45, 2.75) is 24.7 Å². The number of methoxy groups -OCH3 is 2. The van der Waals surface area contributed by atoms with Gasteiger partial charge in [0.15, 0.2) is 11.5 Å². The van der Waals surface area contributed by atoms with E-state index in [1.807, 2.05) is 35.2 Å². The normalized spacial score (nSPS) is 12.6. The highest BCUT2D eigenvalue weighted by molar-refractivity contribution is 7.84. The number of para-hydroxylation sites is 2. The highest BCUT2D eigenvalue weighted by Gasteiger charge is 2.17. The number of aromatic nitrogens is 1. The second kappa shape index (κ2) is 17.1. The first kappa shape index (κ1) is 34.1. The van der Waals surface area contributed by atoms with Crippen LogP contribution in [0.25, 0.3) is 10.8 Å². The minimum Gasteiger partial charge on any atom is -0.493 e. The number of rotatable bonds is 7. The Morgan fingerprint density at radius 1 is 0.932 bits per heavy atom. The van der Waals surface area contributed by atoms with Crippen molar-refractivity contribution in [3.63, 3.8) is 0 Å². The molecule has 44 heavy (non-hydrogen) atoms. The smallest absolute Gasteiger partial charge is 0.255 e. The second-order valence-electron chi connectivity index (χ2n) is 9.68. The molecule has 1 aliphatic rings. The molecule has 1 unspecified atom stereocenters. The lowest BCUT2D eigenvalue weighted by molar-refractivity contribution is -0.128. The Morgan fingerprint density at radius 2 is 1.52 bits per heavy atom. The van der Waals surface area contributed by atoms with Crippen molar-refractivity contribution in [1.29, 1.82) is 0 Å². The summed E-state index contributed by atoms with van der Waals surface area (Å²) in [6, 6.07) is 19.8. The molecule has 2 heterocycles. The third-order valence-corrected chi connectivity index (χ3v) is 7.80. The summed E-state index contributed by atoms with van der Waals surface area (Å²) in [6.07, 6.45) is 5.26. The number of carbonyl (C=O) groups excluding carboxylic acids is 2. The summed E-state index contributed by atoms with van der Waals surface area (Å²) < 4.78 is 21.0. The number of carbonyl (C=O) groups is 2. The molecule has 1 fully saturated rings. The number of fused-ring (bicyclic) bond motifs is 1. The number of hydrogen-bond donors (Lipinski definition) is 3. The van der Waals surface area contributed by atoms with Crippen molar-refractivity contribution < 1.29 is 23.3 Å². The highest BCUT2D eigenvalue weighted by Crippen LogP contribution is 2.25. The van der Waals surface area contributed by atoms with Gasteiger partial charge in [-0.05, 0) is 61.4 Å². The number of nitrogens with zero attached hydrogens (tertiary/aromatic N) is 1. The Hall–Kier alpha value is -4.35.